The largest absolute Gasteiger partial charge is 0.487 e. The van der Waals surface area contributed by atoms with Crippen LogP contribution < -0.4 is 4.74 Å². The first-order chi connectivity index (χ1) is 12.4. The highest BCUT2D eigenvalue weighted by Gasteiger charge is 2.26. The number of nitrogens with zero attached hydrogens (tertiary/aromatic N) is 2. The number of hydrogen-bond acceptors (Lipinski definition) is 6. The molecule has 1 aliphatic rings. The minimum Gasteiger partial charge on any atom is -0.487 e. The summed E-state index contributed by atoms with van der Waals surface area (Å²) in [6, 6.07) is 3.86. The molecule has 26 heavy (non-hydrogen) atoms. The highest BCUT2D eigenvalue weighted by Crippen LogP contribution is 2.28. The first kappa shape index (κ1) is 19.7. The fraction of sp³-hybridized carbons (Fsp3) is 0.556. The van der Waals surface area contributed by atoms with Gasteiger partial charge in [0.1, 0.15) is 0 Å². The molecule has 0 aliphatic carbocycles. The number of nitro groups is 1. The minimum atomic E-state index is -0.939. The van der Waals surface area contributed by atoms with Crippen molar-refractivity contribution in [1.82, 2.24) is 4.90 Å². The lowest BCUT2D eigenvalue weighted by atomic mass is 10.2. The zero-order chi connectivity index (χ0) is 19.1. The Bertz CT molecular complexity index is 668. The van der Waals surface area contributed by atoms with Crippen LogP contribution in [0, 0.1) is 10.1 Å². The maximum absolute atomic E-state index is 12.5. The second-order valence-electron chi connectivity index (χ2n) is 6.16. The van der Waals surface area contributed by atoms with E-state index in [-0.39, 0.29) is 29.5 Å². The summed E-state index contributed by atoms with van der Waals surface area (Å²) in [7, 11) is 0. The third-order valence-electron chi connectivity index (χ3n) is 4.24. The molecule has 1 aliphatic heterocycles. The molecule has 1 heterocycles. The molecule has 0 bridgehead atoms. The van der Waals surface area contributed by atoms with Gasteiger partial charge in [0.25, 0.3) is 5.91 Å². The van der Waals surface area contributed by atoms with Gasteiger partial charge in [-0.15, -0.1) is 0 Å². The third kappa shape index (κ3) is 4.93. The van der Waals surface area contributed by atoms with Crippen molar-refractivity contribution in [2.24, 2.45) is 0 Å². The first-order valence-corrected chi connectivity index (χ1v) is 8.85. The summed E-state index contributed by atoms with van der Waals surface area (Å²) in [5.41, 5.74) is -0.302. The maximum Gasteiger partial charge on any atom is 0.339 e. The highest BCUT2D eigenvalue weighted by molar-refractivity contribution is 5.93. The molecule has 0 radical (unpaired) electrons. The number of benzene rings is 1. The number of amides is 1. The van der Waals surface area contributed by atoms with Crippen LogP contribution in [0.3, 0.4) is 0 Å². The van der Waals surface area contributed by atoms with E-state index >= 15 is 0 Å². The fourth-order valence-electron chi connectivity index (χ4n) is 2.89. The van der Waals surface area contributed by atoms with Gasteiger partial charge in [-0.1, -0.05) is 12.8 Å². The lowest BCUT2D eigenvalue weighted by Crippen LogP contribution is -2.40. The Morgan fingerprint density at radius 3 is 2.46 bits per heavy atom. The molecular weight excluding hydrogens is 340 g/mol. The smallest absolute Gasteiger partial charge is 0.339 e. The number of likely N-dealkylation sites (tertiary alicyclic amines) is 1. The van der Waals surface area contributed by atoms with Crippen molar-refractivity contribution in [1.29, 1.82) is 0 Å². The summed E-state index contributed by atoms with van der Waals surface area (Å²) in [6.45, 7) is 4.83. The second-order valence-corrected chi connectivity index (χ2v) is 6.16. The van der Waals surface area contributed by atoms with Crippen LogP contribution in [0.25, 0.3) is 0 Å². The second kappa shape index (κ2) is 9.17. The monoisotopic (exact) mass is 364 g/mol. The molecule has 0 N–H and O–H groups in total. The van der Waals surface area contributed by atoms with E-state index in [1.807, 2.05) is 0 Å². The third-order valence-corrected chi connectivity index (χ3v) is 4.24. The normalized spacial score (nSPS) is 15.7. The molecule has 1 aromatic carbocycles. The molecule has 8 heteroatoms. The van der Waals surface area contributed by atoms with Crippen LogP contribution in [0.1, 0.15) is 49.9 Å². The van der Waals surface area contributed by atoms with E-state index in [1.165, 1.54) is 19.1 Å². The summed E-state index contributed by atoms with van der Waals surface area (Å²) in [6.07, 6.45) is 3.13. The Balaban J connectivity index is 2.07. The standard InChI is InChI=1S/C18H24N2O6/c1-3-25-16-9-8-14(12-15(16)20(23)24)18(22)26-13(2)17(21)19-10-6-4-5-7-11-19/h8-9,12-13H,3-7,10-11H2,1-2H3/t13-/m0/s1. The molecule has 8 nitrogen and oxygen atoms in total. The van der Waals surface area contributed by atoms with Crippen LogP contribution in [-0.2, 0) is 9.53 Å². The molecule has 1 fully saturated rings. The van der Waals surface area contributed by atoms with Crippen LogP contribution in [0.15, 0.2) is 18.2 Å². The van der Waals surface area contributed by atoms with E-state index in [0.29, 0.717) is 13.1 Å². The van der Waals surface area contributed by atoms with E-state index in [1.54, 1.807) is 11.8 Å². The quantitative estimate of drug-likeness (QED) is 0.437. The van der Waals surface area contributed by atoms with Gasteiger partial charge in [0, 0.05) is 19.2 Å². The number of carbonyl (C=O) groups is 2. The maximum atomic E-state index is 12.5. The van der Waals surface area contributed by atoms with Gasteiger partial charge in [-0.2, -0.15) is 0 Å². The van der Waals surface area contributed by atoms with E-state index in [9.17, 15) is 19.7 Å². The Morgan fingerprint density at radius 2 is 1.88 bits per heavy atom. The molecule has 1 aromatic rings. The zero-order valence-electron chi connectivity index (χ0n) is 15.1. The lowest BCUT2D eigenvalue weighted by Gasteiger charge is -2.24. The van der Waals surface area contributed by atoms with E-state index in [2.05, 4.69) is 0 Å². The number of esters is 1. The van der Waals surface area contributed by atoms with Gasteiger partial charge in [0.2, 0.25) is 0 Å². The number of nitro benzene ring substituents is 1. The molecule has 0 saturated carbocycles. The molecule has 0 unspecified atom stereocenters. The van der Waals surface area contributed by atoms with Crippen molar-refractivity contribution in [2.45, 2.75) is 45.6 Å². The van der Waals surface area contributed by atoms with E-state index in [0.717, 1.165) is 31.7 Å². The fourth-order valence-corrected chi connectivity index (χ4v) is 2.89. The number of ether oxygens (including phenoxy) is 2. The molecule has 1 amide bonds. The highest BCUT2D eigenvalue weighted by atomic mass is 16.6. The minimum absolute atomic E-state index is 0.00988. The summed E-state index contributed by atoms with van der Waals surface area (Å²) >= 11 is 0. The summed E-state index contributed by atoms with van der Waals surface area (Å²) < 4.78 is 10.4. The Morgan fingerprint density at radius 1 is 1.23 bits per heavy atom. The van der Waals surface area contributed by atoms with E-state index in [4.69, 9.17) is 9.47 Å². The van der Waals surface area contributed by atoms with Crippen molar-refractivity contribution in [2.75, 3.05) is 19.7 Å². The molecule has 0 aromatic heterocycles. The molecular formula is C18H24N2O6. The first-order valence-electron chi connectivity index (χ1n) is 8.85. The average molecular weight is 364 g/mol. The van der Waals surface area contributed by atoms with Gasteiger partial charge in [-0.25, -0.2) is 4.79 Å². The molecule has 0 spiro atoms. The summed E-state index contributed by atoms with van der Waals surface area (Å²) in [5, 5.41) is 11.2. The van der Waals surface area contributed by atoms with Gasteiger partial charge >= 0.3 is 11.7 Å². The van der Waals surface area contributed by atoms with E-state index < -0.39 is 17.0 Å². The van der Waals surface area contributed by atoms with Gasteiger partial charge < -0.3 is 14.4 Å². The number of rotatable bonds is 6. The molecule has 1 atom stereocenters. The van der Waals surface area contributed by atoms with Crippen molar-refractivity contribution < 1.29 is 24.0 Å². The van der Waals surface area contributed by atoms with Gasteiger partial charge in [-0.05, 0) is 38.8 Å². The Kier molecular flexibility index (Phi) is 6.94. The SMILES string of the molecule is CCOc1ccc(C(=O)O[C@@H](C)C(=O)N2CCCCCC2)cc1[N+](=O)[O-]. The molecule has 2 rings (SSSR count). The van der Waals surface area contributed by atoms with Crippen LogP contribution >= 0.6 is 0 Å². The number of carbonyl (C=O) groups excluding carboxylic acids is 2. The predicted octanol–water partition coefficient (Wildman–Crippen LogP) is 2.94. The van der Waals surface area contributed by atoms with Crippen LogP contribution in [0.2, 0.25) is 0 Å². The predicted molar refractivity (Wildman–Crippen MR) is 94.2 cm³/mol. The summed E-state index contributed by atoms with van der Waals surface area (Å²) in [4.78, 5) is 37.0. The van der Waals surface area contributed by atoms with Crippen LogP contribution in [0.5, 0.6) is 5.75 Å². The van der Waals surface area contributed by atoms with Crippen molar-refractivity contribution >= 4 is 17.6 Å². The van der Waals surface area contributed by atoms with Gasteiger partial charge in [0.15, 0.2) is 11.9 Å². The summed E-state index contributed by atoms with van der Waals surface area (Å²) in [5.74, 6) is -0.921. The van der Waals surface area contributed by atoms with Crippen molar-refractivity contribution in [3.8, 4) is 5.75 Å². The topological polar surface area (TPSA) is 99.0 Å². The Labute approximate surface area is 152 Å². The van der Waals surface area contributed by atoms with Crippen molar-refractivity contribution in [3.63, 3.8) is 0 Å². The number of hydrogen-bond donors (Lipinski definition) is 0. The van der Waals surface area contributed by atoms with Crippen LogP contribution in [0.4, 0.5) is 5.69 Å². The van der Waals surface area contributed by atoms with Gasteiger partial charge in [-0.3, -0.25) is 14.9 Å². The molecule has 1 saturated heterocycles. The average Bonchev–Trinajstić information content (AvgIpc) is 2.90. The van der Waals surface area contributed by atoms with Crippen LogP contribution in [-0.4, -0.2) is 47.5 Å². The van der Waals surface area contributed by atoms with Crippen molar-refractivity contribution in [3.05, 3.63) is 33.9 Å². The van der Waals surface area contributed by atoms with Gasteiger partial charge in [0.05, 0.1) is 17.1 Å². The zero-order valence-corrected chi connectivity index (χ0v) is 15.1. The Hall–Kier alpha value is -2.64. The molecule has 142 valence electrons. The lowest BCUT2D eigenvalue weighted by molar-refractivity contribution is -0.385.